The molecule has 0 aromatic heterocycles. The van der Waals surface area contributed by atoms with Crippen molar-refractivity contribution in [1.29, 1.82) is 0 Å². The van der Waals surface area contributed by atoms with E-state index in [0.717, 1.165) is 18.4 Å². The molecule has 0 bridgehead atoms. The molecule has 3 aliphatic rings. The zero-order valence-electron chi connectivity index (χ0n) is 10.5. The van der Waals surface area contributed by atoms with Crippen molar-refractivity contribution >= 4 is 23.4 Å². The fourth-order valence-corrected chi connectivity index (χ4v) is 5.08. The number of alkyl halides is 1. The standard InChI is InChI=1S/C14H23ClOS/c15-13(12-2-3-12)4-1-11-5-7-16-14(9-11)6-8-17-10-14/h11-13H,1-10H2. The van der Waals surface area contributed by atoms with Crippen LogP contribution in [0.15, 0.2) is 0 Å². The maximum Gasteiger partial charge on any atom is 0.0783 e. The Labute approximate surface area is 114 Å². The van der Waals surface area contributed by atoms with Crippen LogP contribution in [0.5, 0.6) is 0 Å². The second-order valence-corrected chi connectivity index (χ2v) is 7.79. The van der Waals surface area contributed by atoms with E-state index in [-0.39, 0.29) is 5.60 Å². The molecule has 1 nitrogen and oxygen atoms in total. The van der Waals surface area contributed by atoms with Crippen molar-refractivity contribution in [2.45, 2.75) is 55.9 Å². The average Bonchev–Trinajstić information content (AvgIpc) is 3.10. The molecule has 3 atom stereocenters. The minimum atomic E-state index is 0.259. The maximum atomic E-state index is 6.41. The van der Waals surface area contributed by atoms with Crippen LogP contribution < -0.4 is 0 Å². The topological polar surface area (TPSA) is 9.23 Å². The number of ether oxygens (including phenoxy) is 1. The molecule has 3 rings (SSSR count). The van der Waals surface area contributed by atoms with E-state index in [0.29, 0.717) is 5.38 Å². The molecule has 1 spiro atoms. The van der Waals surface area contributed by atoms with Gasteiger partial charge >= 0.3 is 0 Å². The molecule has 2 saturated heterocycles. The molecule has 17 heavy (non-hydrogen) atoms. The highest BCUT2D eigenvalue weighted by atomic mass is 35.5. The van der Waals surface area contributed by atoms with Crippen LogP contribution in [0.4, 0.5) is 0 Å². The van der Waals surface area contributed by atoms with Gasteiger partial charge in [-0.05, 0) is 62.5 Å². The van der Waals surface area contributed by atoms with Gasteiger partial charge in [0.15, 0.2) is 0 Å². The van der Waals surface area contributed by atoms with Crippen LogP contribution in [-0.2, 0) is 4.74 Å². The Bertz CT molecular complexity index is 261. The van der Waals surface area contributed by atoms with Crippen molar-refractivity contribution in [2.75, 3.05) is 18.1 Å². The van der Waals surface area contributed by atoms with Crippen molar-refractivity contribution in [2.24, 2.45) is 11.8 Å². The van der Waals surface area contributed by atoms with E-state index < -0.39 is 0 Å². The molecule has 1 saturated carbocycles. The number of hydrogen-bond acceptors (Lipinski definition) is 2. The normalized spacial score (nSPS) is 39.7. The summed E-state index contributed by atoms with van der Waals surface area (Å²) in [5, 5.41) is 0.465. The van der Waals surface area contributed by atoms with E-state index in [1.165, 1.54) is 56.5 Å². The minimum absolute atomic E-state index is 0.259. The molecule has 3 unspecified atom stereocenters. The Morgan fingerprint density at radius 2 is 2.24 bits per heavy atom. The molecule has 0 radical (unpaired) electrons. The van der Waals surface area contributed by atoms with Crippen molar-refractivity contribution < 1.29 is 4.74 Å². The predicted octanol–water partition coefficient (Wildman–Crippen LogP) is 4.09. The summed E-state index contributed by atoms with van der Waals surface area (Å²) in [6, 6.07) is 0. The molecule has 3 heteroatoms. The molecular formula is C14H23ClOS. The fraction of sp³-hybridized carbons (Fsp3) is 1.00. The Morgan fingerprint density at radius 1 is 1.35 bits per heavy atom. The summed E-state index contributed by atoms with van der Waals surface area (Å²) in [7, 11) is 0. The second kappa shape index (κ2) is 5.30. The van der Waals surface area contributed by atoms with E-state index in [2.05, 4.69) is 11.8 Å². The second-order valence-electron chi connectivity index (χ2n) is 6.12. The van der Waals surface area contributed by atoms with Crippen molar-refractivity contribution in [3.8, 4) is 0 Å². The summed E-state index contributed by atoms with van der Waals surface area (Å²) in [5.41, 5.74) is 0.259. The average molecular weight is 275 g/mol. The smallest absolute Gasteiger partial charge is 0.0783 e. The van der Waals surface area contributed by atoms with E-state index in [4.69, 9.17) is 16.3 Å². The molecule has 0 aromatic rings. The Kier molecular flexibility index (Phi) is 3.94. The highest BCUT2D eigenvalue weighted by Gasteiger charge is 2.40. The van der Waals surface area contributed by atoms with Gasteiger partial charge in [0.05, 0.1) is 5.60 Å². The molecular weight excluding hydrogens is 252 g/mol. The Hall–Kier alpha value is 0.600. The molecule has 2 aliphatic heterocycles. The van der Waals surface area contributed by atoms with Gasteiger partial charge in [-0.2, -0.15) is 11.8 Å². The maximum absolute atomic E-state index is 6.41. The summed E-state index contributed by atoms with van der Waals surface area (Å²) in [6.45, 7) is 0.988. The van der Waals surface area contributed by atoms with Crippen molar-refractivity contribution in [1.82, 2.24) is 0 Å². The summed E-state index contributed by atoms with van der Waals surface area (Å²) in [4.78, 5) is 0. The lowest BCUT2D eigenvalue weighted by Gasteiger charge is -2.38. The van der Waals surface area contributed by atoms with Crippen LogP contribution in [0.3, 0.4) is 0 Å². The monoisotopic (exact) mass is 274 g/mol. The lowest BCUT2D eigenvalue weighted by Crippen LogP contribution is -2.39. The lowest BCUT2D eigenvalue weighted by atomic mass is 9.82. The quantitative estimate of drug-likeness (QED) is 0.714. The Morgan fingerprint density at radius 3 is 2.94 bits per heavy atom. The van der Waals surface area contributed by atoms with Gasteiger partial charge in [-0.1, -0.05) is 0 Å². The summed E-state index contributed by atoms with van der Waals surface area (Å²) in [5.74, 6) is 4.26. The molecule has 98 valence electrons. The molecule has 0 aromatic carbocycles. The first-order chi connectivity index (χ1) is 8.27. The van der Waals surface area contributed by atoms with Gasteiger partial charge in [-0.3, -0.25) is 0 Å². The van der Waals surface area contributed by atoms with Gasteiger partial charge in [0.2, 0.25) is 0 Å². The third-order valence-corrected chi connectivity index (χ3v) is 6.44. The largest absolute Gasteiger partial charge is 0.374 e. The zero-order valence-corrected chi connectivity index (χ0v) is 12.1. The highest BCUT2D eigenvalue weighted by Crippen LogP contribution is 2.43. The highest BCUT2D eigenvalue weighted by molar-refractivity contribution is 7.99. The first-order valence-corrected chi connectivity index (χ1v) is 8.72. The van der Waals surface area contributed by atoms with Crippen LogP contribution in [0.25, 0.3) is 0 Å². The SMILES string of the molecule is ClC(CCC1CCOC2(CCSC2)C1)C1CC1. The van der Waals surface area contributed by atoms with Crippen LogP contribution in [-0.4, -0.2) is 29.1 Å². The number of thioether (sulfide) groups is 1. The molecule has 0 N–H and O–H groups in total. The number of rotatable bonds is 4. The lowest BCUT2D eigenvalue weighted by molar-refractivity contribution is -0.0807. The fourth-order valence-electron chi connectivity index (χ4n) is 3.33. The molecule has 2 heterocycles. The molecule has 0 amide bonds. The molecule has 1 aliphatic carbocycles. The third-order valence-electron chi connectivity index (χ3n) is 4.65. The van der Waals surface area contributed by atoms with Crippen LogP contribution in [0.2, 0.25) is 0 Å². The van der Waals surface area contributed by atoms with Crippen LogP contribution in [0, 0.1) is 11.8 Å². The molecule has 3 fully saturated rings. The number of hydrogen-bond donors (Lipinski definition) is 0. The van der Waals surface area contributed by atoms with Crippen LogP contribution >= 0.6 is 23.4 Å². The van der Waals surface area contributed by atoms with Gasteiger partial charge in [0, 0.05) is 17.7 Å². The summed E-state index contributed by atoms with van der Waals surface area (Å²) >= 11 is 8.48. The van der Waals surface area contributed by atoms with Gasteiger partial charge in [0.25, 0.3) is 0 Å². The van der Waals surface area contributed by atoms with Gasteiger partial charge < -0.3 is 4.74 Å². The summed E-state index contributed by atoms with van der Waals surface area (Å²) < 4.78 is 6.07. The van der Waals surface area contributed by atoms with Gasteiger partial charge in [-0.15, -0.1) is 11.6 Å². The van der Waals surface area contributed by atoms with Gasteiger partial charge in [-0.25, -0.2) is 0 Å². The predicted molar refractivity (Wildman–Crippen MR) is 74.9 cm³/mol. The first kappa shape index (κ1) is 12.6. The van der Waals surface area contributed by atoms with E-state index >= 15 is 0 Å². The van der Waals surface area contributed by atoms with E-state index in [9.17, 15) is 0 Å². The number of halogens is 1. The van der Waals surface area contributed by atoms with Crippen molar-refractivity contribution in [3.63, 3.8) is 0 Å². The Balaban J connectivity index is 1.46. The third kappa shape index (κ3) is 3.13. The minimum Gasteiger partial charge on any atom is -0.374 e. The zero-order chi connectivity index (χ0) is 11.7. The van der Waals surface area contributed by atoms with Gasteiger partial charge in [0.1, 0.15) is 0 Å². The van der Waals surface area contributed by atoms with Crippen LogP contribution in [0.1, 0.15) is 44.9 Å². The van der Waals surface area contributed by atoms with E-state index in [1.54, 1.807) is 0 Å². The first-order valence-electron chi connectivity index (χ1n) is 7.13. The summed E-state index contributed by atoms with van der Waals surface area (Å²) in [6.07, 6.45) is 9.17. The van der Waals surface area contributed by atoms with E-state index in [1.807, 2.05) is 0 Å². The van der Waals surface area contributed by atoms with Crippen molar-refractivity contribution in [3.05, 3.63) is 0 Å².